The van der Waals surface area contributed by atoms with Gasteiger partial charge in [0, 0.05) is 6.42 Å². The van der Waals surface area contributed by atoms with Gasteiger partial charge in [-0.15, -0.1) is 0 Å². The van der Waals surface area contributed by atoms with Gasteiger partial charge in [-0.05, 0) is 43.5 Å². The molecule has 0 aromatic heterocycles. The Kier molecular flexibility index (Phi) is 7.86. The monoisotopic (exact) mass is 369 g/mol. The van der Waals surface area contributed by atoms with Crippen LogP contribution in [0.3, 0.4) is 0 Å². The van der Waals surface area contributed by atoms with Crippen LogP contribution in [0.15, 0.2) is 54.6 Å². The SMILES string of the molecule is COc1ccc([C@H](CC(=O)OC(C)C)NC(=O)CCc2ccccc2)cc1. The van der Waals surface area contributed by atoms with Gasteiger partial charge in [0.05, 0.1) is 25.7 Å². The number of aryl methyl sites for hydroxylation is 1. The van der Waals surface area contributed by atoms with Crippen molar-refractivity contribution in [2.75, 3.05) is 7.11 Å². The first kappa shape index (κ1) is 20.5. The highest BCUT2D eigenvalue weighted by Crippen LogP contribution is 2.21. The van der Waals surface area contributed by atoms with Gasteiger partial charge in [0.15, 0.2) is 0 Å². The van der Waals surface area contributed by atoms with Gasteiger partial charge in [0.25, 0.3) is 0 Å². The van der Waals surface area contributed by atoms with Gasteiger partial charge < -0.3 is 14.8 Å². The van der Waals surface area contributed by atoms with Crippen LogP contribution in [0, 0.1) is 0 Å². The number of esters is 1. The zero-order valence-corrected chi connectivity index (χ0v) is 16.1. The number of amides is 1. The molecule has 2 aromatic rings. The van der Waals surface area contributed by atoms with Gasteiger partial charge in [-0.25, -0.2) is 0 Å². The molecule has 5 heteroatoms. The number of hydrogen-bond acceptors (Lipinski definition) is 4. The fourth-order valence-corrected chi connectivity index (χ4v) is 2.74. The van der Waals surface area contributed by atoms with Crippen molar-refractivity contribution in [3.8, 4) is 5.75 Å². The van der Waals surface area contributed by atoms with Crippen molar-refractivity contribution in [3.63, 3.8) is 0 Å². The van der Waals surface area contributed by atoms with Crippen molar-refractivity contribution >= 4 is 11.9 Å². The van der Waals surface area contributed by atoms with Crippen molar-refractivity contribution in [2.24, 2.45) is 0 Å². The predicted octanol–water partition coefficient (Wildman–Crippen LogP) is 3.83. The quantitative estimate of drug-likeness (QED) is 0.683. The molecule has 0 aliphatic rings. The lowest BCUT2D eigenvalue weighted by atomic mass is 10.0. The molecule has 2 rings (SSSR count). The molecule has 0 aliphatic heterocycles. The molecule has 0 unspecified atom stereocenters. The third kappa shape index (κ3) is 7.13. The van der Waals surface area contributed by atoms with Gasteiger partial charge in [-0.1, -0.05) is 42.5 Å². The van der Waals surface area contributed by atoms with E-state index >= 15 is 0 Å². The first-order valence-corrected chi connectivity index (χ1v) is 9.14. The minimum atomic E-state index is -0.439. The van der Waals surface area contributed by atoms with E-state index in [0.29, 0.717) is 12.8 Å². The maximum atomic E-state index is 12.4. The van der Waals surface area contributed by atoms with Gasteiger partial charge in [0.1, 0.15) is 5.75 Å². The van der Waals surface area contributed by atoms with Gasteiger partial charge in [0.2, 0.25) is 5.91 Å². The lowest BCUT2D eigenvalue weighted by molar-refractivity contribution is -0.148. The van der Waals surface area contributed by atoms with E-state index in [0.717, 1.165) is 16.9 Å². The molecule has 0 bridgehead atoms. The maximum Gasteiger partial charge on any atom is 0.308 e. The normalized spacial score (nSPS) is 11.7. The number of methoxy groups -OCH3 is 1. The molecule has 0 heterocycles. The second-order valence-electron chi connectivity index (χ2n) is 6.62. The molecule has 0 saturated carbocycles. The number of hydrogen-bond donors (Lipinski definition) is 1. The van der Waals surface area contributed by atoms with Gasteiger partial charge in [-0.2, -0.15) is 0 Å². The lowest BCUT2D eigenvalue weighted by Gasteiger charge is -2.20. The van der Waals surface area contributed by atoms with E-state index in [2.05, 4.69) is 5.32 Å². The summed E-state index contributed by atoms with van der Waals surface area (Å²) in [6.07, 6.45) is 0.901. The summed E-state index contributed by atoms with van der Waals surface area (Å²) in [4.78, 5) is 24.6. The predicted molar refractivity (Wildman–Crippen MR) is 104 cm³/mol. The summed E-state index contributed by atoms with van der Waals surface area (Å²) in [6.45, 7) is 3.61. The summed E-state index contributed by atoms with van der Waals surface area (Å²) in [6, 6.07) is 16.7. The van der Waals surface area contributed by atoms with Crippen LogP contribution in [0.25, 0.3) is 0 Å². The molecular formula is C22H27NO4. The third-order valence-electron chi connectivity index (χ3n) is 4.07. The second-order valence-corrected chi connectivity index (χ2v) is 6.62. The van der Waals surface area contributed by atoms with E-state index in [1.54, 1.807) is 21.0 Å². The Bertz CT molecular complexity index is 726. The number of carbonyl (C=O) groups is 2. The first-order valence-electron chi connectivity index (χ1n) is 9.14. The molecule has 0 saturated heterocycles. The Morgan fingerprint density at radius 2 is 1.67 bits per heavy atom. The van der Waals surface area contributed by atoms with Crippen LogP contribution in [0.2, 0.25) is 0 Å². The third-order valence-corrected chi connectivity index (χ3v) is 4.07. The average molecular weight is 369 g/mol. The van der Waals surface area contributed by atoms with E-state index < -0.39 is 6.04 Å². The van der Waals surface area contributed by atoms with Gasteiger partial charge >= 0.3 is 5.97 Å². The molecule has 144 valence electrons. The van der Waals surface area contributed by atoms with Crippen molar-refractivity contribution < 1.29 is 19.1 Å². The first-order chi connectivity index (χ1) is 13.0. The highest BCUT2D eigenvalue weighted by atomic mass is 16.5. The van der Waals surface area contributed by atoms with Crippen LogP contribution in [-0.4, -0.2) is 25.1 Å². The van der Waals surface area contributed by atoms with Gasteiger partial charge in [-0.3, -0.25) is 9.59 Å². The van der Waals surface area contributed by atoms with E-state index in [1.165, 1.54) is 0 Å². The minimum absolute atomic E-state index is 0.0849. The number of benzene rings is 2. The molecule has 0 fully saturated rings. The maximum absolute atomic E-state index is 12.4. The molecule has 0 radical (unpaired) electrons. The number of ether oxygens (including phenoxy) is 2. The highest BCUT2D eigenvalue weighted by Gasteiger charge is 2.20. The molecule has 5 nitrogen and oxygen atoms in total. The van der Waals surface area contributed by atoms with E-state index in [4.69, 9.17) is 9.47 Å². The summed E-state index contributed by atoms with van der Waals surface area (Å²) >= 11 is 0. The molecule has 1 atom stereocenters. The zero-order valence-electron chi connectivity index (χ0n) is 16.1. The van der Waals surface area contributed by atoms with Crippen molar-refractivity contribution in [1.82, 2.24) is 5.32 Å². The van der Waals surface area contributed by atoms with Crippen molar-refractivity contribution in [3.05, 3.63) is 65.7 Å². The fourth-order valence-electron chi connectivity index (χ4n) is 2.74. The van der Waals surface area contributed by atoms with Crippen LogP contribution < -0.4 is 10.1 Å². The molecule has 0 spiro atoms. The lowest BCUT2D eigenvalue weighted by Crippen LogP contribution is -2.31. The van der Waals surface area contributed by atoms with E-state index in [-0.39, 0.29) is 24.4 Å². The Morgan fingerprint density at radius 3 is 2.26 bits per heavy atom. The Hall–Kier alpha value is -2.82. The topological polar surface area (TPSA) is 64.6 Å². The number of carbonyl (C=O) groups excluding carboxylic acids is 2. The Balaban J connectivity index is 2.03. The Morgan fingerprint density at radius 1 is 1.00 bits per heavy atom. The average Bonchev–Trinajstić information content (AvgIpc) is 2.66. The summed E-state index contributed by atoms with van der Waals surface area (Å²) in [7, 11) is 1.60. The second kappa shape index (κ2) is 10.4. The number of nitrogens with one attached hydrogen (secondary N) is 1. The highest BCUT2D eigenvalue weighted by molar-refractivity contribution is 5.78. The molecule has 0 aliphatic carbocycles. The molecule has 2 aromatic carbocycles. The van der Waals surface area contributed by atoms with Crippen LogP contribution in [0.5, 0.6) is 5.75 Å². The van der Waals surface area contributed by atoms with Crippen molar-refractivity contribution in [2.45, 2.75) is 45.3 Å². The smallest absolute Gasteiger partial charge is 0.308 e. The van der Waals surface area contributed by atoms with Crippen LogP contribution >= 0.6 is 0 Å². The van der Waals surface area contributed by atoms with Crippen LogP contribution in [-0.2, 0) is 20.7 Å². The largest absolute Gasteiger partial charge is 0.497 e. The fraction of sp³-hybridized carbons (Fsp3) is 0.364. The molecule has 1 amide bonds. The summed E-state index contributed by atoms with van der Waals surface area (Å²) < 4.78 is 10.4. The van der Waals surface area contributed by atoms with Crippen LogP contribution in [0.4, 0.5) is 0 Å². The Labute approximate surface area is 160 Å². The standard InChI is InChI=1S/C22H27NO4/c1-16(2)27-22(25)15-20(18-10-12-19(26-3)13-11-18)23-21(24)14-9-17-7-5-4-6-8-17/h4-8,10-13,16,20H,9,14-15H2,1-3H3,(H,23,24)/t20-/m0/s1. The van der Waals surface area contributed by atoms with E-state index in [9.17, 15) is 9.59 Å². The zero-order chi connectivity index (χ0) is 19.6. The van der Waals surface area contributed by atoms with Crippen molar-refractivity contribution in [1.29, 1.82) is 0 Å². The van der Waals surface area contributed by atoms with E-state index in [1.807, 2.05) is 54.6 Å². The molecule has 1 N–H and O–H groups in total. The summed E-state index contributed by atoms with van der Waals surface area (Å²) in [5.74, 6) is 0.281. The summed E-state index contributed by atoms with van der Waals surface area (Å²) in [5.41, 5.74) is 1.94. The minimum Gasteiger partial charge on any atom is -0.497 e. The summed E-state index contributed by atoms with van der Waals surface area (Å²) in [5, 5.41) is 2.96. The molecule has 27 heavy (non-hydrogen) atoms. The van der Waals surface area contributed by atoms with Crippen LogP contribution in [0.1, 0.15) is 43.9 Å². The molecular weight excluding hydrogens is 342 g/mol. The number of rotatable bonds is 9.